The van der Waals surface area contributed by atoms with Crippen molar-refractivity contribution in [2.75, 3.05) is 26.2 Å². The normalized spacial score (nSPS) is 14.9. The molecule has 0 aromatic heterocycles. The molecule has 6 nitrogen and oxygen atoms in total. The third-order valence-corrected chi connectivity index (χ3v) is 7.69. The molecular weight excluding hydrogens is 436 g/mol. The molecule has 1 aliphatic rings. The molecule has 1 N–H and O–H groups in total. The fraction of sp³-hybridized carbons (Fsp3) is 0.435. The van der Waals surface area contributed by atoms with E-state index >= 15 is 0 Å². The standard InChI is InChI=1S/C23H29ClN2O4S/c1-2-30-21-11-5-4-9-18(21)10-8-14-25-23(27)19-12-13-20(24)22(17-19)31(28,29)26-15-6-3-7-16-26/h4-5,9,11-13,17H,2-3,6-8,10,14-16H2,1H3,(H,25,27). The maximum Gasteiger partial charge on any atom is 0.251 e. The van der Waals surface area contributed by atoms with Crippen LogP contribution in [0, 0.1) is 0 Å². The number of sulfonamides is 1. The Morgan fingerprint density at radius 3 is 2.61 bits per heavy atom. The second-order valence-electron chi connectivity index (χ2n) is 7.51. The number of hydrogen-bond acceptors (Lipinski definition) is 4. The summed E-state index contributed by atoms with van der Waals surface area (Å²) in [5, 5.41) is 3.00. The number of nitrogens with zero attached hydrogens (tertiary/aromatic N) is 1. The van der Waals surface area contributed by atoms with Crippen LogP contribution in [0.25, 0.3) is 0 Å². The lowest BCUT2D eigenvalue weighted by Gasteiger charge is -2.26. The summed E-state index contributed by atoms with van der Waals surface area (Å²) >= 11 is 6.19. The Labute approximate surface area is 189 Å². The first-order chi connectivity index (χ1) is 14.9. The minimum Gasteiger partial charge on any atom is -0.494 e. The van der Waals surface area contributed by atoms with Gasteiger partial charge in [0.1, 0.15) is 10.6 Å². The van der Waals surface area contributed by atoms with E-state index in [-0.39, 0.29) is 21.4 Å². The number of benzene rings is 2. The van der Waals surface area contributed by atoms with Crippen LogP contribution in [0.3, 0.4) is 0 Å². The van der Waals surface area contributed by atoms with E-state index in [0.29, 0.717) is 26.2 Å². The van der Waals surface area contributed by atoms with Gasteiger partial charge in [-0.15, -0.1) is 0 Å². The fourth-order valence-corrected chi connectivity index (χ4v) is 5.69. The van der Waals surface area contributed by atoms with Gasteiger partial charge in [0.2, 0.25) is 10.0 Å². The average molecular weight is 465 g/mol. The zero-order valence-corrected chi connectivity index (χ0v) is 19.3. The van der Waals surface area contributed by atoms with E-state index in [9.17, 15) is 13.2 Å². The summed E-state index contributed by atoms with van der Waals surface area (Å²) in [7, 11) is -3.71. The van der Waals surface area contributed by atoms with Crippen molar-refractivity contribution in [1.82, 2.24) is 9.62 Å². The van der Waals surface area contributed by atoms with Crippen molar-refractivity contribution in [3.8, 4) is 5.75 Å². The number of amides is 1. The molecule has 31 heavy (non-hydrogen) atoms. The van der Waals surface area contributed by atoms with Gasteiger partial charge < -0.3 is 10.1 Å². The second kappa shape index (κ2) is 11.0. The predicted molar refractivity (Wildman–Crippen MR) is 122 cm³/mol. The summed E-state index contributed by atoms with van der Waals surface area (Å²) in [5.41, 5.74) is 1.38. The van der Waals surface area contributed by atoms with E-state index in [1.807, 2.05) is 31.2 Å². The molecule has 1 fully saturated rings. The smallest absolute Gasteiger partial charge is 0.251 e. The van der Waals surface area contributed by atoms with Crippen LogP contribution in [-0.4, -0.2) is 44.9 Å². The summed E-state index contributed by atoms with van der Waals surface area (Å²) in [6.07, 6.45) is 4.21. The molecule has 0 radical (unpaired) electrons. The highest BCUT2D eigenvalue weighted by atomic mass is 35.5. The van der Waals surface area contributed by atoms with Crippen molar-refractivity contribution in [1.29, 1.82) is 0 Å². The SMILES string of the molecule is CCOc1ccccc1CCCNC(=O)c1ccc(Cl)c(S(=O)(=O)N2CCCCC2)c1. The minimum absolute atomic E-state index is 0.00522. The lowest BCUT2D eigenvalue weighted by molar-refractivity contribution is 0.0953. The molecule has 1 amide bonds. The molecule has 8 heteroatoms. The van der Waals surface area contributed by atoms with Gasteiger partial charge in [-0.25, -0.2) is 8.42 Å². The molecule has 0 saturated carbocycles. The van der Waals surface area contributed by atoms with E-state index in [1.165, 1.54) is 16.4 Å². The first-order valence-corrected chi connectivity index (χ1v) is 12.5. The van der Waals surface area contributed by atoms with Crippen LogP contribution in [-0.2, 0) is 16.4 Å². The van der Waals surface area contributed by atoms with Gasteiger partial charge in [0.25, 0.3) is 5.91 Å². The van der Waals surface area contributed by atoms with Gasteiger partial charge in [0.15, 0.2) is 0 Å². The van der Waals surface area contributed by atoms with Gasteiger partial charge in [-0.2, -0.15) is 4.31 Å². The highest BCUT2D eigenvalue weighted by molar-refractivity contribution is 7.89. The van der Waals surface area contributed by atoms with E-state index in [0.717, 1.165) is 43.4 Å². The lowest BCUT2D eigenvalue weighted by atomic mass is 10.1. The van der Waals surface area contributed by atoms with Crippen molar-refractivity contribution in [2.24, 2.45) is 0 Å². The molecule has 3 rings (SSSR count). The number of carbonyl (C=O) groups is 1. The Balaban J connectivity index is 1.62. The molecule has 2 aromatic carbocycles. The largest absolute Gasteiger partial charge is 0.494 e. The number of para-hydroxylation sites is 1. The number of halogens is 1. The van der Waals surface area contributed by atoms with Crippen LogP contribution in [0.4, 0.5) is 0 Å². The van der Waals surface area contributed by atoms with E-state index in [2.05, 4.69) is 5.32 Å². The van der Waals surface area contributed by atoms with Gasteiger partial charge in [-0.1, -0.05) is 36.2 Å². The van der Waals surface area contributed by atoms with Crippen LogP contribution < -0.4 is 10.1 Å². The predicted octanol–water partition coefficient (Wildman–Crippen LogP) is 4.28. The number of aryl methyl sites for hydroxylation is 1. The van der Waals surface area contributed by atoms with Crippen molar-refractivity contribution in [3.05, 3.63) is 58.6 Å². The Hall–Kier alpha value is -2.09. The molecule has 1 saturated heterocycles. The average Bonchev–Trinajstić information content (AvgIpc) is 2.78. The van der Waals surface area contributed by atoms with Crippen LogP contribution in [0.2, 0.25) is 5.02 Å². The molecule has 1 aliphatic heterocycles. The molecule has 2 aromatic rings. The van der Waals surface area contributed by atoms with E-state index in [4.69, 9.17) is 16.3 Å². The Morgan fingerprint density at radius 2 is 1.87 bits per heavy atom. The first kappa shape index (κ1) is 23.6. The Bertz CT molecular complexity index is 1000. The minimum atomic E-state index is -3.71. The van der Waals surface area contributed by atoms with Crippen LogP contribution in [0.5, 0.6) is 5.75 Å². The zero-order valence-electron chi connectivity index (χ0n) is 17.8. The van der Waals surface area contributed by atoms with Crippen LogP contribution in [0.15, 0.2) is 47.4 Å². The molecule has 0 bridgehead atoms. The maximum atomic E-state index is 13.0. The van der Waals surface area contributed by atoms with Crippen LogP contribution in [0.1, 0.15) is 48.5 Å². The Kier molecular flexibility index (Phi) is 8.35. The topological polar surface area (TPSA) is 75.7 Å². The van der Waals surface area contributed by atoms with E-state index < -0.39 is 10.0 Å². The number of hydrogen-bond donors (Lipinski definition) is 1. The zero-order chi connectivity index (χ0) is 22.3. The monoisotopic (exact) mass is 464 g/mol. The van der Waals surface area contributed by atoms with Gasteiger partial charge in [0, 0.05) is 25.2 Å². The number of ether oxygens (including phenoxy) is 1. The Morgan fingerprint density at radius 1 is 1.13 bits per heavy atom. The molecule has 0 aliphatic carbocycles. The molecule has 0 spiro atoms. The first-order valence-electron chi connectivity index (χ1n) is 10.7. The van der Waals surface area contributed by atoms with E-state index in [1.54, 1.807) is 6.07 Å². The van der Waals surface area contributed by atoms with Gasteiger partial charge in [-0.05, 0) is 62.4 Å². The maximum absolute atomic E-state index is 13.0. The van der Waals surface area contributed by atoms with Gasteiger partial charge >= 0.3 is 0 Å². The highest BCUT2D eigenvalue weighted by Crippen LogP contribution is 2.28. The molecule has 0 atom stereocenters. The molecular formula is C23H29ClN2O4S. The highest BCUT2D eigenvalue weighted by Gasteiger charge is 2.28. The number of rotatable bonds is 9. The van der Waals surface area contributed by atoms with Gasteiger partial charge in [-0.3, -0.25) is 4.79 Å². The number of carbonyl (C=O) groups excluding carboxylic acids is 1. The second-order valence-corrected chi connectivity index (χ2v) is 9.82. The third kappa shape index (κ3) is 5.99. The molecule has 168 valence electrons. The number of nitrogens with one attached hydrogen (secondary N) is 1. The van der Waals surface area contributed by atoms with Crippen LogP contribution >= 0.6 is 11.6 Å². The quantitative estimate of drug-likeness (QED) is 0.562. The summed E-state index contributed by atoms with van der Waals surface area (Å²) in [6, 6.07) is 12.3. The summed E-state index contributed by atoms with van der Waals surface area (Å²) in [5.74, 6) is 0.548. The van der Waals surface area contributed by atoms with Crippen molar-refractivity contribution >= 4 is 27.5 Å². The molecule has 1 heterocycles. The van der Waals surface area contributed by atoms with Crippen molar-refractivity contribution in [2.45, 2.75) is 43.9 Å². The number of piperidine rings is 1. The summed E-state index contributed by atoms with van der Waals surface area (Å²) in [6.45, 7) is 3.99. The lowest BCUT2D eigenvalue weighted by Crippen LogP contribution is -2.36. The van der Waals surface area contributed by atoms with Crippen molar-refractivity contribution in [3.63, 3.8) is 0 Å². The fourth-order valence-electron chi connectivity index (χ4n) is 3.68. The summed E-state index contributed by atoms with van der Waals surface area (Å²) < 4.78 is 33.0. The third-order valence-electron chi connectivity index (χ3n) is 5.31. The summed E-state index contributed by atoms with van der Waals surface area (Å²) in [4.78, 5) is 12.6. The van der Waals surface area contributed by atoms with Gasteiger partial charge in [0.05, 0.1) is 11.6 Å². The van der Waals surface area contributed by atoms with Crippen molar-refractivity contribution < 1.29 is 17.9 Å². The molecule has 0 unspecified atom stereocenters.